The Morgan fingerprint density at radius 2 is 1.60 bits per heavy atom. The summed E-state index contributed by atoms with van der Waals surface area (Å²) in [6.45, 7) is 7.92. The first-order valence-electron chi connectivity index (χ1n) is 13.2. The van der Waals surface area contributed by atoms with E-state index < -0.39 is 28.5 Å². The number of aryl methyl sites for hydroxylation is 1. The van der Waals surface area contributed by atoms with E-state index >= 15 is 0 Å². The summed E-state index contributed by atoms with van der Waals surface area (Å²) in [4.78, 5) is 28.5. The minimum atomic E-state index is -4.18. The van der Waals surface area contributed by atoms with E-state index in [0.717, 1.165) is 15.4 Å². The van der Waals surface area contributed by atoms with Crippen LogP contribution in [0.1, 0.15) is 38.3 Å². The van der Waals surface area contributed by atoms with Crippen molar-refractivity contribution in [3.8, 4) is 5.75 Å². The van der Waals surface area contributed by atoms with Gasteiger partial charge in [0.15, 0.2) is 0 Å². The maximum Gasteiger partial charge on any atom is 0.264 e. The fraction of sp³-hybridized carbons (Fsp3) is 0.333. The third-order valence-electron chi connectivity index (χ3n) is 6.46. The Kier molecular flexibility index (Phi) is 11.0. The molecule has 0 spiro atoms. The van der Waals surface area contributed by atoms with Crippen LogP contribution < -0.4 is 14.4 Å². The van der Waals surface area contributed by atoms with Crippen LogP contribution >= 0.6 is 11.6 Å². The lowest BCUT2D eigenvalue weighted by molar-refractivity contribution is -0.140. The average Bonchev–Trinajstić information content (AvgIpc) is 2.93. The van der Waals surface area contributed by atoms with Gasteiger partial charge in [0.05, 0.1) is 17.2 Å². The highest BCUT2D eigenvalue weighted by Crippen LogP contribution is 2.27. The van der Waals surface area contributed by atoms with E-state index in [1.807, 2.05) is 52.0 Å². The third-order valence-corrected chi connectivity index (χ3v) is 8.50. The maximum atomic E-state index is 14.0. The van der Waals surface area contributed by atoms with E-state index in [4.69, 9.17) is 16.3 Å². The molecule has 214 valence electrons. The monoisotopic (exact) mass is 585 g/mol. The summed E-state index contributed by atoms with van der Waals surface area (Å²) in [7, 11) is -4.18. The molecular weight excluding hydrogens is 550 g/mol. The van der Waals surface area contributed by atoms with Crippen molar-refractivity contribution in [2.75, 3.05) is 24.0 Å². The van der Waals surface area contributed by atoms with Gasteiger partial charge in [-0.25, -0.2) is 8.42 Å². The molecule has 0 unspecified atom stereocenters. The highest BCUT2D eigenvalue weighted by atomic mass is 35.5. The second kappa shape index (κ2) is 14.2. The molecule has 1 atom stereocenters. The molecule has 2 amide bonds. The lowest BCUT2D eigenvalue weighted by Crippen LogP contribution is -2.52. The van der Waals surface area contributed by atoms with Crippen LogP contribution in [-0.2, 0) is 26.2 Å². The van der Waals surface area contributed by atoms with Crippen LogP contribution in [0, 0.1) is 6.92 Å². The summed E-state index contributed by atoms with van der Waals surface area (Å²) < 4.78 is 34.4. The smallest absolute Gasteiger partial charge is 0.264 e. The van der Waals surface area contributed by atoms with Crippen LogP contribution in [0.3, 0.4) is 0 Å². The van der Waals surface area contributed by atoms with Crippen molar-refractivity contribution < 1.29 is 22.7 Å². The van der Waals surface area contributed by atoms with Gasteiger partial charge >= 0.3 is 0 Å². The number of hydrogen-bond acceptors (Lipinski definition) is 5. The van der Waals surface area contributed by atoms with Gasteiger partial charge in [0.2, 0.25) is 11.8 Å². The molecule has 0 fully saturated rings. The number of amides is 2. The van der Waals surface area contributed by atoms with Crippen molar-refractivity contribution in [2.45, 2.75) is 51.6 Å². The Hall–Kier alpha value is -3.56. The highest BCUT2D eigenvalue weighted by Gasteiger charge is 2.33. The van der Waals surface area contributed by atoms with Gasteiger partial charge in [0, 0.05) is 18.1 Å². The number of hydrogen-bond donors (Lipinski definition) is 1. The van der Waals surface area contributed by atoms with Crippen molar-refractivity contribution in [1.82, 2.24) is 10.2 Å². The Morgan fingerprint density at radius 3 is 2.17 bits per heavy atom. The minimum Gasteiger partial charge on any atom is -0.494 e. The molecule has 40 heavy (non-hydrogen) atoms. The van der Waals surface area contributed by atoms with E-state index in [9.17, 15) is 18.0 Å². The zero-order chi connectivity index (χ0) is 29.3. The van der Waals surface area contributed by atoms with Gasteiger partial charge in [-0.2, -0.15) is 0 Å². The summed E-state index contributed by atoms with van der Waals surface area (Å²) in [5.74, 6) is -0.224. The number of likely N-dealkylation sites (N-methyl/N-ethyl adjacent to an activating group) is 1. The number of sulfonamides is 1. The van der Waals surface area contributed by atoms with Crippen molar-refractivity contribution in [1.29, 1.82) is 0 Å². The molecule has 0 aromatic heterocycles. The molecule has 10 heteroatoms. The first kappa shape index (κ1) is 31.0. The van der Waals surface area contributed by atoms with E-state index in [1.54, 1.807) is 24.3 Å². The standard InChI is InChI=1S/C30H36ClN3O5S/c1-5-28(30(36)32-6-2)33(20-23-11-9-8-10-22(23)4)29(35)21-34(25-14-16-26(17-15-25)39-7-3)40(37,38)27-18-12-24(31)13-19-27/h8-19,28H,5-7,20-21H2,1-4H3,(H,32,36)/t28-/m1/s1. The summed E-state index contributed by atoms with van der Waals surface area (Å²) in [6, 6.07) is 19.1. The molecule has 3 rings (SSSR count). The van der Waals surface area contributed by atoms with Crippen LogP contribution in [0.2, 0.25) is 5.02 Å². The molecule has 3 aromatic rings. The van der Waals surface area contributed by atoms with Crippen molar-refractivity contribution in [2.24, 2.45) is 0 Å². The molecular formula is C30H36ClN3O5S. The fourth-order valence-electron chi connectivity index (χ4n) is 4.32. The highest BCUT2D eigenvalue weighted by molar-refractivity contribution is 7.92. The number of rotatable bonds is 13. The van der Waals surface area contributed by atoms with Crippen LogP contribution in [0.25, 0.3) is 0 Å². The van der Waals surface area contributed by atoms with Crippen molar-refractivity contribution in [3.05, 3.63) is 88.9 Å². The molecule has 0 heterocycles. The maximum absolute atomic E-state index is 14.0. The van der Waals surface area contributed by atoms with Gasteiger partial charge < -0.3 is 15.0 Å². The van der Waals surface area contributed by atoms with Gasteiger partial charge in [-0.15, -0.1) is 0 Å². The predicted molar refractivity (Wildman–Crippen MR) is 158 cm³/mol. The molecule has 1 N–H and O–H groups in total. The fourth-order valence-corrected chi connectivity index (χ4v) is 5.86. The van der Waals surface area contributed by atoms with Gasteiger partial charge in [0.25, 0.3) is 10.0 Å². The van der Waals surface area contributed by atoms with Crippen molar-refractivity contribution in [3.63, 3.8) is 0 Å². The molecule has 0 aliphatic heterocycles. The minimum absolute atomic E-state index is 0.0141. The second-order valence-corrected chi connectivity index (χ2v) is 11.5. The van der Waals surface area contributed by atoms with E-state index in [2.05, 4.69) is 5.32 Å². The van der Waals surface area contributed by atoms with E-state index in [1.165, 1.54) is 29.2 Å². The summed E-state index contributed by atoms with van der Waals surface area (Å²) in [5, 5.41) is 3.19. The van der Waals surface area contributed by atoms with Gasteiger partial charge in [-0.05, 0) is 86.8 Å². The molecule has 0 radical (unpaired) electrons. The topological polar surface area (TPSA) is 96.0 Å². The SMILES string of the molecule is CCNC(=O)[C@@H](CC)N(Cc1ccccc1C)C(=O)CN(c1ccc(OCC)cc1)S(=O)(=O)c1ccc(Cl)cc1. The number of ether oxygens (including phenoxy) is 1. The zero-order valence-electron chi connectivity index (χ0n) is 23.3. The van der Waals surface area contributed by atoms with Gasteiger partial charge in [-0.3, -0.25) is 13.9 Å². The number of anilines is 1. The second-order valence-electron chi connectivity index (χ2n) is 9.16. The Morgan fingerprint density at radius 1 is 0.950 bits per heavy atom. The zero-order valence-corrected chi connectivity index (χ0v) is 24.8. The Labute approximate surface area is 241 Å². The van der Waals surface area contributed by atoms with Crippen LogP contribution in [0.15, 0.2) is 77.7 Å². The average molecular weight is 586 g/mol. The number of benzene rings is 3. The summed E-state index contributed by atoms with van der Waals surface area (Å²) in [6.07, 6.45) is 0.358. The summed E-state index contributed by atoms with van der Waals surface area (Å²) in [5.41, 5.74) is 2.11. The lowest BCUT2D eigenvalue weighted by atomic mass is 10.1. The summed E-state index contributed by atoms with van der Waals surface area (Å²) >= 11 is 6.01. The number of nitrogens with zero attached hydrogens (tertiary/aromatic N) is 2. The molecule has 0 aliphatic rings. The van der Waals surface area contributed by atoms with Crippen LogP contribution in [-0.4, -0.2) is 50.9 Å². The normalized spacial score (nSPS) is 11.9. The molecule has 0 bridgehead atoms. The number of halogens is 1. The number of carbonyl (C=O) groups is 2. The molecule has 0 saturated carbocycles. The van der Waals surface area contributed by atoms with E-state index in [0.29, 0.717) is 30.3 Å². The quantitative estimate of drug-likeness (QED) is 0.298. The van der Waals surface area contributed by atoms with E-state index in [-0.39, 0.29) is 23.0 Å². The molecule has 3 aromatic carbocycles. The van der Waals surface area contributed by atoms with Crippen molar-refractivity contribution >= 4 is 39.1 Å². The Balaban J connectivity index is 2.07. The number of nitrogens with one attached hydrogen (secondary N) is 1. The van der Waals surface area contributed by atoms with Gasteiger partial charge in [-0.1, -0.05) is 42.8 Å². The first-order valence-corrected chi connectivity index (χ1v) is 15.1. The van der Waals surface area contributed by atoms with Gasteiger partial charge in [0.1, 0.15) is 18.3 Å². The predicted octanol–water partition coefficient (Wildman–Crippen LogP) is 5.19. The molecule has 0 saturated heterocycles. The third kappa shape index (κ3) is 7.55. The lowest BCUT2D eigenvalue weighted by Gasteiger charge is -2.33. The number of carbonyl (C=O) groups excluding carboxylic acids is 2. The first-order chi connectivity index (χ1) is 19.1. The van der Waals surface area contributed by atoms with Crippen LogP contribution in [0.5, 0.6) is 5.75 Å². The largest absolute Gasteiger partial charge is 0.494 e. The van der Waals surface area contributed by atoms with Crippen LogP contribution in [0.4, 0.5) is 5.69 Å². The Bertz CT molecular complexity index is 1400. The molecule has 8 nitrogen and oxygen atoms in total. The molecule has 0 aliphatic carbocycles.